The zero-order valence-electron chi connectivity index (χ0n) is 14.9. The molecule has 1 aromatic rings. The molecule has 1 aliphatic heterocycles. The van der Waals surface area contributed by atoms with E-state index in [-0.39, 0.29) is 31.0 Å². The minimum absolute atomic E-state index is 0.0246. The molecule has 140 valence electrons. The number of ether oxygens (including phenoxy) is 1. The highest BCUT2D eigenvalue weighted by atomic mass is 16.6. The van der Waals surface area contributed by atoms with Gasteiger partial charge in [-0.3, -0.25) is 24.6 Å². The van der Waals surface area contributed by atoms with Crippen molar-refractivity contribution in [3.05, 3.63) is 39.9 Å². The predicted molar refractivity (Wildman–Crippen MR) is 91.2 cm³/mol. The summed E-state index contributed by atoms with van der Waals surface area (Å²) in [6.45, 7) is 4.97. The van der Waals surface area contributed by atoms with Crippen LogP contribution in [0.25, 0.3) is 0 Å². The van der Waals surface area contributed by atoms with E-state index in [4.69, 9.17) is 4.74 Å². The molecule has 1 aliphatic rings. The van der Waals surface area contributed by atoms with Gasteiger partial charge in [-0.1, -0.05) is 12.1 Å². The molecule has 0 aliphatic carbocycles. The molecule has 26 heavy (non-hydrogen) atoms. The fourth-order valence-corrected chi connectivity index (χ4v) is 2.62. The van der Waals surface area contributed by atoms with Crippen molar-refractivity contribution in [1.82, 2.24) is 10.2 Å². The largest absolute Gasteiger partial charge is 0.458 e. The Kier molecular flexibility index (Phi) is 5.59. The maximum absolute atomic E-state index is 12.0. The Morgan fingerprint density at radius 2 is 2.08 bits per heavy atom. The van der Waals surface area contributed by atoms with Crippen LogP contribution in [0.1, 0.15) is 45.3 Å². The van der Waals surface area contributed by atoms with Crippen molar-refractivity contribution in [3.8, 4) is 0 Å². The lowest BCUT2D eigenvalue weighted by atomic mass is 10.1. The number of nitro benzene ring substituents is 1. The van der Waals surface area contributed by atoms with Crippen LogP contribution < -0.4 is 5.32 Å². The second kappa shape index (κ2) is 7.51. The third-order valence-corrected chi connectivity index (χ3v) is 4.07. The Labute approximate surface area is 150 Å². The van der Waals surface area contributed by atoms with Crippen LogP contribution in [0.5, 0.6) is 0 Å². The first-order chi connectivity index (χ1) is 12.1. The summed E-state index contributed by atoms with van der Waals surface area (Å²) in [5.74, 6) is -0.837. The quantitative estimate of drug-likeness (QED) is 0.344. The minimum atomic E-state index is -0.936. The highest BCUT2D eigenvalue weighted by molar-refractivity contribution is 6.06. The summed E-state index contributed by atoms with van der Waals surface area (Å²) < 4.78 is 5.26. The standard InChI is InChI=1S/C17H21N3O6/c1-11(12-6-4-7-13(10-12)20(24)25)26-14(21)8-5-9-19-15(22)17(2,3)18-16(19)23/h4,6-7,10-11H,5,8-9H2,1-3H3,(H,18,23)/t11-/m0/s1. The second-order valence-electron chi connectivity index (χ2n) is 6.60. The van der Waals surface area contributed by atoms with Crippen molar-refractivity contribution in [1.29, 1.82) is 0 Å². The Morgan fingerprint density at radius 1 is 1.38 bits per heavy atom. The normalized spacial score (nSPS) is 17.0. The number of non-ortho nitro benzene ring substituents is 1. The molecule has 9 heteroatoms. The molecule has 9 nitrogen and oxygen atoms in total. The third kappa shape index (κ3) is 4.35. The van der Waals surface area contributed by atoms with E-state index in [1.807, 2.05) is 0 Å². The van der Waals surface area contributed by atoms with Gasteiger partial charge in [-0.05, 0) is 32.8 Å². The zero-order chi connectivity index (χ0) is 19.5. The number of urea groups is 1. The van der Waals surface area contributed by atoms with Crippen LogP contribution in [0.2, 0.25) is 0 Å². The summed E-state index contributed by atoms with van der Waals surface area (Å²) >= 11 is 0. The van der Waals surface area contributed by atoms with Crippen LogP contribution in [0, 0.1) is 10.1 Å². The molecular formula is C17H21N3O6. The molecule has 3 amide bonds. The Morgan fingerprint density at radius 3 is 2.65 bits per heavy atom. The average Bonchev–Trinajstić information content (AvgIpc) is 2.76. The van der Waals surface area contributed by atoms with E-state index in [0.29, 0.717) is 5.56 Å². The summed E-state index contributed by atoms with van der Waals surface area (Å²) in [5, 5.41) is 13.4. The number of carbonyl (C=O) groups is 3. The number of benzene rings is 1. The Bertz CT molecular complexity index is 746. The van der Waals surface area contributed by atoms with Gasteiger partial charge in [0.1, 0.15) is 11.6 Å². The van der Waals surface area contributed by atoms with Crippen LogP contribution in [0.4, 0.5) is 10.5 Å². The van der Waals surface area contributed by atoms with Gasteiger partial charge in [-0.25, -0.2) is 4.79 Å². The number of nitro groups is 1. The first kappa shape index (κ1) is 19.4. The molecule has 0 spiro atoms. The zero-order valence-corrected chi connectivity index (χ0v) is 14.9. The van der Waals surface area contributed by atoms with E-state index in [1.165, 1.54) is 18.2 Å². The van der Waals surface area contributed by atoms with Gasteiger partial charge < -0.3 is 10.1 Å². The van der Waals surface area contributed by atoms with Crippen molar-refractivity contribution >= 4 is 23.6 Å². The van der Waals surface area contributed by atoms with Crippen molar-refractivity contribution in [2.45, 2.75) is 45.3 Å². The molecule has 1 saturated heterocycles. The molecule has 0 unspecified atom stereocenters. The number of rotatable bonds is 7. The van der Waals surface area contributed by atoms with Crippen molar-refractivity contribution in [2.75, 3.05) is 6.54 Å². The van der Waals surface area contributed by atoms with Gasteiger partial charge in [0.25, 0.3) is 11.6 Å². The van der Waals surface area contributed by atoms with E-state index in [9.17, 15) is 24.5 Å². The number of amides is 3. The second-order valence-corrected chi connectivity index (χ2v) is 6.60. The molecule has 1 fully saturated rings. The predicted octanol–water partition coefficient (Wildman–Crippen LogP) is 2.31. The molecule has 1 atom stereocenters. The van der Waals surface area contributed by atoms with Gasteiger partial charge in [-0.15, -0.1) is 0 Å². The first-order valence-corrected chi connectivity index (χ1v) is 8.20. The molecule has 1 aromatic carbocycles. The van der Waals surface area contributed by atoms with Gasteiger partial charge in [0.2, 0.25) is 0 Å². The molecule has 0 radical (unpaired) electrons. The van der Waals surface area contributed by atoms with Gasteiger partial charge >= 0.3 is 12.0 Å². The van der Waals surface area contributed by atoms with E-state index in [2.05, 4.69) is 5.32 Å². The number of nitrogens with one attached hydrogen (secondary N) is 1. The summed E-state index contributed by atoms with van der Waals surface area (Å²) in [6, 6.07) is 5.40. The Hall–Kier alpha value is -2.97. The fourth-order valence-electron chi connectivity index (χ4n) is 2.62. The summed E-state index contributed by atoms with van der Waals surface area (Å²) in [4.78, 5) is 47.1. The van der Waals surface area contributed by atoms with E-state index >= 15 is 0 Å². The van der Waals surface area contributed by atoms with Gasteiger partial charge in [-0.2, -0.15) is 0 Å². The summed E-state index contributed by atoms with van der Waals surface area (Å²) in [7, 11) is 0. The third-order valence-electron chi connectivity index (χ3n) is 4.07. The molecule has 1 heterocycles. The summed E-state index contributed by atoms with van der Waals surface area (Å²) in [6.07, 6.45) is -0.343. The van der Waals surface area contributed by atoms with Crippen molar-refractivity contribution in [3.63, 3.8) is 0 Å². The molecule has 1 N–H and O–H groups in total. The number of carbonyl (C=O) groups excluding carboxylic acids is 3. The van der Waals surface area contributed by atoms with Crippen LogP contribution in [-0.4, -0.2) is 39.8 Å². The lowest BCUT2D eigenvalue weighted by Gasteiger charge is -2.16. The van der Waals surface area contributed by atoms with E-state index in [1.54, 1.807) is 26.8 Å². The van der Waals surface area contributed by atoms with Crippen molar-refractivity contribution < 1.29 is 24.0 Å². The first-order valence-electron chi connectivity index (χ1n) is 8.20. The van der Waals surface area contributed by atoms with Crippen molar-refractivity contribution in [2.24, 2.45) is 0 Å². The highest BCUT2D eigenvalue weighted by Gasteiger charge is 2.43. The Balaban J connectivity index is 1.84. The molecule has 0 saturated carbocycles. The number of hydrogen-bond acceptors (Lipinski definition) is 6. The maximum atomic E-state index is 12.0. The molecule has 2 rings (SSSR count). The SMILES string of the molecule is C[C@H](OC(=O)CCCN1C(=O)NC(C)(C)C1=O)c1cccc([N+](=O)[O-])c1. The van der Waals surface area contributed by atoms with Crippen LogP contribution in [0.3, 0.4) is 0 Å². The van der Waals surface area contributed by atoms with Gasteiger partial charge in [0.05, 0.1) is 4.92 Å². The molecular weight excluding hydrogens is 342 g/mol. The number of nitrogens with zero attached hydrogens (tertiary/aromatic N) is 2. The van der Waals surface area contributed by atoms with Gasteiger partial charge in [0, 0.05) is 25.1 Å². The van der Waals surface area contributed by atoms with Crippen LogP contribution in [-0.2, 0) is 14.3 Å². The average molecular weight is 363 g/mol. The smallest absolute Gasteiger partial charge is 0.325 e. The van der Waals surface area contributed by atoms with E-state index < -0.39 is 28.6 Å². The lowest BCUT2D eigenvalue weighted by molar-refractivity contribution is -0.385. The van der Waals surface area contributed by atoms with E-state index in [0.717, 1.165) is 4.90 Å². The highest BCUT2D eigenvalue weighted by Crippen LogP contribution is 2.22. The fraction of sp³-hybridized carbons (Fsp3) is 0.471. The van der Waals surface area contributed by atoms with Gasteiger partial charge in [0.15, 0.2) is 0 Å². The monoisotopic (exact) mass is 363 g/mol. The number of esters is 1. The minimum Gasteiger partial charge on any atom is -0.458 e. The van der Waals surface area contributed by atoms with Crippen LogP contribution in [0.15, 0.2) is 24.3 Å². The lowest BCUT2D eigenvalue weighted by Crippen LogP contribution is -2.40. The number of imide groups is 1. The molecule has 0 bridgehead atoms. The number of hydrogen-bond donors (Lipinski definition) is 1. The maximum Gasteiger partial charge on any atom is 0.325 e. The van der Waals surface area contributed by atoms with Crippen LogP contribution >= 0.6 is 0 Å². The topological polar surface area (TPSA) is 119 Å². The molecule has 0 aromatic heterocycles. The summed E-state index contributed by atoms with van der Waals surface area (Å²) in [5.41, 5.74) is -0.497.